The second-order valence-corrected chi connectivity index (χ2v) is 19.5. The highest BCUT2D eigenvalue weighted by atomic mass is 15.1. The van der Waals surface area contributed by atoms with Gasteiger partial charge in [0.25, 0.3) is 0 Å². The van der Waals surface area contributed by atoms with Gasteiger partial charge in [0, 0.05) is 39.5 Å². The van der Waals surface area contributed by atoms with Crippen LogP contribution in [-0.4, -0.2) is 0 Å². The number of para-hydroxylation sites is 2. The molecule has 1 unspecified atom stereocenters. The third-order valence-electron chi connectivity index (χ3n) is 14.9. The van der Waals surface area contributed by atoms with Crippen molar-refractivity contribution in [2.45, 2.75) is 44.9 Å². The van der Waals surface area contributed by atoms with Crippen LogP contribution in [-0.2, 0) is 10.8 Å². The molecule has 0 fully saturated rings. The summed E-state index contributed by atoms with van der Waals surface area (Å²) in [7, 11) is 0. The summed E-state index contributed by atoms with van der Waals surface area (Å²) in [5.74, 6) is 0.394. The maximum Gasteiger partial charge on any atom is 0.0468 e. The average molecular weight is 849 g/mol. The van der Waals surface area contributed by atoms with E-state index >= 15 is 0 Å². The maximum absolute atomic E-state index is 2.46. The molecule has 3 aliphatic rings. The summed E-state index contributed by atoms with van der Waals surface area (Å²) in [5.41, 5.74) is 19.0. The summed E-state index contributed by atoms with van der Waals surface area (Å²) >= 11 is 0. The lowest BCUT2D eigenvalue weighted by molar-refractivity contribution is 0.410. The van der Waals surface area contributed by atoms with Gasteiger partial charge in [0.05, 0.1) is 0 Å². The van der Waals surface area contributed by atoms with Gasteiger partial charge >= 0.3 is 0 Å². The average Bonchev–Trinajstić information content (AvgIpc) is 3.72. The van der Waals surface area contributed by atoms with Gasteiger partial charge in [0.1, 0.15) is 0 Å². The molecule has 0 heterocycles. The number of benzene rings is 9. The molecule has 0 aliphatic heterocycles. The Morgan fingerprint density at radius 2 is 0.864 bits per heavy atom. The molecule has 0 spiro atoms. The number of anilines is 6. The lowest BCUT2D eigenvalue weighted by atomic mass is 9.73. The van der Waals surface area contributed by atoms with Crippen LogP contribution >= 0.6 is 0 Å². The van der Waals surface area contributed by atoms with Crippen molar-refractivity contribution in [3.05, 3.63) is 252 Å². The fourth-order valence-corrected chi connectivity index (χ4v) is 11.3. The van der Waals surface area contributed by atoms with Crippen LogP contribution in [0.5, 0.6) is 0 Å². The van der Waals surface area contributed by atoms with E-state index in [0.29, 0.717) is 5.92 Å². The molecule has 318 valence electrons. The molecule has 12 rings (SSSR count). The molecule has 0 N–H and O–H groups in total. The van der Waals surface area contributed by atoms with Crippen molar-refractivity contribution in [2.75, 3.05) is 9.80 Å². The van der Waals surface area contributed by atoms with Gasteiger partial charge in [-0.3, -0.25) is 0 Å². The molecule has 1 atom stereocenters. The van der Waals surface area contributed by atoms with E-state index in [1.54, 1.807) is 0 Å². The van der Waals surface area contributed by atoms with Crippen molar-refractivity contribution >= 4 is 67.3 Å². The normalized spacial score (nSPS) is 16.3. The van der Waals surface area contributed by atoms with Gasteiger partial charge in [-0.25, -0.2) is 0 Å². The van der Waals surface area contributed by atoms with Gasteiger partial charge < -0.3 is 9.80 Å². The molecule has 0 amide bonds. The smallest absolute Gasteiger partial charge is 0.0468 e. The summed E-state index contributed by atoms with van der Waals surface area (Å²) < 4.78 is 0. The Morgan fingerprint density at radius 3 is 1.45 bits per heavy atom. The largest absolute Gasteiger partial charge is 0.310 e. The fraction of sp³-hybridized carbons (Fsp3) is 0.125. The second-order valence-electron chi connectivity index (χ2n) is 19.5. The van der Waals surface area contributed by atoms with Crippen molar-refractivity contribution in [3.63, 3.8) is 0 Å². The third-order valence-corrected chi connectivity index (χ3v) is 14.9. The highest BCUT2D eigenvalue weighted by Gasteiger charge is 2.44. The Morgan fingerprint density at radius 1 is 0.394 bits per heavy atom. The first-order valence-corrected chi connectivity index (χ1v) is 23.4. The number of rotatable bonds is 8. The Hall–Kier alpha value is -7.68. The van der Waals surface area contributed by atoms with Crippen LogP contribution in [0.3, 0.4) is 0 Å². The molecule has 0 radical (unpaired) electrons. The van der Waals surface area contributed by atoms with Gasteiger partial charge in [-0.1, -0.05) is 179 Å². The molecule has 0 saturated heterocycles. The molecule has 0 bridgehead atoms. The van der Waals surface area contributed by atoms with Crippen LogP contribution in [0.1, 0.15) is 61.9 Å². The summed E-state index contributed by atoms with van der Waals surface area (Å²) in [4.78, 5) is 4.80. The molecular weight excluding hydrogens is 797 g/mol. The van der Waals surface area contributed by atoms with E-state index in [4.69, 9.17) is 0 Å². The van der Waals surface area contributed by atoms with E-state index in [1.165, 1.54) is 83.0 Å². The van der Waals surface area contributed by atoms with Crippen LogP contribution in [0.25, 0.3) is 44.3 Å². The van der Waals surface area contributed by atoms with Crippen molar-refractivity contribution in [1.82, 2.24) is 0 Å². The number of hydrogen-bond donors (Lipinski definition) is 0. The van der Waals surface area contributed by atoms with Gasteiger partial charge in [0.15, 0.2) is 0 Å². The van der Waals surface area contributed by atoms with Gasteiger partial charge in [0.2, 0.25) is 0 Å². The molecule has 3 aliphatic carbocycles. The maximum atomic E-state index is 2.46. The number of fused-ring (bicyclic) bond motifs is 8. The quantitative estimate of drug-likeness (QED) is 0.150. The van der Waals surface area contributed by atoms with E-state index in [2.05, 4.69) is 262 Å². The third kappa shape index (κ3) is 6.62. The summed E-state index contributed by atoms with van der Waals surface area (Å²) in [6, 6.07) is 73.7. The molecule has 0 saturated carbocycles. The van der Waals surface area contributed by atoms with Crippen molar-refractivity contribution in [2.24, 2.45) is 5.92 Å². The second kappa shape index (κ2) is 15.5. The van der Waals surface area contributed by atoms with Crippen molar-refractivity contribution in [3.8, 4) is 11.1 Å². The Kier molecular flexibility index (Phi) is 9.36. The minimum absolute atomic E-state index is 0.0388. The van der Waals surface area contributed by atoms with Crippen LogP contribution in [0.4, 0.5) is 34.1 Å². The zero-order chi connectivity index (χ0) is 44.6. The minimum Gasteiger partial charge on any atom is -0.310 e. The lowest BCUT2D eigenvalue weighted by Crippen LogP contribution is -2.25. The van der Waals surface area contributed by atoms with Crippen LogP contribution in [0.15, 0.2) is 224 Å². The molecule has 9 aromatic rings. The zero-order valence-corrected chi connectivity index (χ0v) is 38.0. The molecular formula is C64H52N2. The Labute approximate surface area is 389 Å². The Bertz CT molecular complexity index is 3460. The highest BCUT2D eigenvalue weighted by molar-refractivity contribution is 5.93. The molecule has 2 nitrogen and oxygen atoms in total. The zero-order valence-electron chi connectivity index (χ0n) is 38.0. The monoisotopic (exact) mass is 848 g/mol. The lowest BCUT2D eigenvalue weighted by Gasteiger charge is -2.32. The molecule has 0 aromatic heterocycles. The van der Waals surface area contributed by atoms with Crippen LogP contribution in [0, 0.1) is 5.92 Å². The first-order chi connectivity index (χ1) is 32.2. The van der Waals surface area contributed by atoms with Gasteiger partial charge in [-0.2, -0.15) is 0 Å². The first kappa shape index (κ1) is 39.9. The summed E-state index contributed by atoms with van der Waals surface area (Å²) in [6.45, 7) is 9.67. The summed E-state index contributed by atoms with van der Waals surface area (Å²) in [6.07, 6.45) is 10.5. The standard InChI is InChI=1S/C64H52N2/c1-63(2)59-37-43(25-33-55(59)57-35-31-53(41-61(57)63)65(49-19-7-5-8-20-49)51-29-27-45-15-11-13-17-47(45)39-51)23-24-44-26-34-56-58-36-32-54(42-62(58)64(3,4)60(56)38-44)66(50-21-9-6-10-22-50)52-30-28-46-16-12-14-18-48(46)40-52/h5-37,39-42,60H,38H2,1-4H3/b24-23+. The topological polar surface area (TPSA) is 6.48 Å². The van der Waals surface area contributed by atoms with E-state index in [9.17, 15) is 0 Å². The van der Waals surface area contributed by atoms with Gasteiger partial charge in [-0.05, 0) is 162 Å². The molecule has 66 heavy (non-hydrogen) atoms. The van der Waals surface area contributed by atoms with Gasteiger partial charge in [-0.15, -0.1) is 0 Å². The van der Waals surface area contributed by atoms with E-state index in [-0.39, 0.29) is 10.8 Å². The van der Waals surface area contributed by atoms with Crippen LogP contribution < -0.4 is 9.80 Å². The predicted octanol–water partition coefficient (Wildman–Crippen LogP) is 17.6. The number of hydrogen-bond acceptors (Lipinski definition) is 2. The van der Waals surface area contributed by atoms with Crippen LogP contribution in [0.2, 0.25) is 0 Å². The van der Waals surface area contributed by atoms with Crippen molar-refractivity contribution in [1.29, 1.82) is 0 Å². The fourth-order valence-electron chi connectivity index (χ4n) is 11.3. The van der Waals surface area contributed by atoms with E-state index in [1.807, 2.05) is 0 Å². The van der Waals surface area contributed by atoms with Crippen molar-refractivity contribution < 1.29 is 0 Å². The minimum atomic E-state index is -0.166. The SMILES string of the molecule is CC1(C)c2cc(/C=C/C3=CC=C4c5ccc(N(c6ccccc6)c6ccc7ccccc7c6)cc5C(C)(C)C4C3)ccc2-c2ccc(N(c3ccccc3)c3ccc4ccccc4c3)cc21. The first-order valence-electron chi connectivity index (χ1n) is 23.4. The predicted molar refractivity (Wildman–Crippen MR) is 281 cm³/mol. The summed E-state index contributed by atoms with van der Waals surface area (Å²) in [5, 5.41) is 4.98. The number of nitrogens with zero attached hydrogens (tertiary/aromatic N) is 2. The number of allylic oxidation sites excluding steroid dienone is 5. The van der Waals surface area contributed by atoms with E-state index < -0.39 is 0 Å². The Balaban J connectivity index is 0.824. The molecule has 2 heteroatoms. The van der Waals surface area contributed by atoms with E-state index in [0.717, 1.165) is 29.2 Å². The highest BCUT2D eigenvalue weighted by Crippen LogP contribution is 2.56. The molecule has 9 aromatic carbocycles.